The van der Waals surface area contributed by atoms with Gasteiger partial charge in [-0.05, 0) is 26.0 Å². The van der Waals surface area contributed by atoms with E-state index in [0.29, 0.717) is 6.04 Å². The first kappa shape index (κ1) is 15.5. The van der Waals surface area contributed by atoms with Crippen molar-refractivity contribution in [2.45, 2.75) is 30.8 Å². The van der Waals surface area contributed by atoms with E-state index in [9.17, 15) is 0 Å². The van der Waals surface area contributed by atoms with Crippen LogP contribution in [0.2, 0.25) is 5.02 Å². The summed E-state index contributed by atoms with van der Waals surface area (Å²) < 4.78 is 2.07. The zero-order valence-corrected chi connectivity index (χ0v) is 14.6. The smallest absolute Gasteiger partial charge is 0.191 e. The van der Waals surface area contributed by atoms with Gasteiger partial charge in [0, 0.05) is 27.8 Å². The topological polar surface area (TPSA) is 43.6 Å². The van der Waals surface area contributed by atoms with Crippen molar-refractivity contribution < 1.29 is 0 Å². The maximum Gasteiger partial charge on any atom is 0.191 e. The summed E-state index contributed by atoms with van der Waals surface area (Å²) in [6, 6.07) is 8.12. The average Bonchev–Trinajstić information content (AvgIpc) is 3.15. The van der Waals surface area contributed by atoms with Crippen LogP contribution in [0.1, 0.15) is 25.6 Å². The third-order valence-electron chi connectivity index (χ3n) is 3.09. The summed E-state index contributed by atoms with van der Waals surface area (Å²) >= 11 is 9.22. The van der Waals surface area contributed by atoms with Gasteiger partial charge in [0.1, 0.15) is 11.3 Å². The lowest BCUT2D eigenvalue weighted by Gasteiger charge is -2.08. The predicted octanol–water partition coefficient (Wildman–Crippen LogP) is 4.93. The van der Waals surface area contributed by atoms with Crippen molar-refractivity contribution in [1.82, 2.24) is 19.7 Å². The Morgan fingerprint density at radius 1 is 1.27 bits per heavy atom. The van der Waals surface area contributed by atoms with Crippen LogP contribution >= 0.6 is 34.7 Å². The van der Waals surface area contributed by atoms with Gasteiger partial charge in [-0.2, -0.15) is 0 Å². The molecule has 2 heterocycles. The van der Waals surface area contributed by atoms with E-state index < -0.39 is 0 Å². The van der Waals surface area contributed by atoms with Crippen LogP contribution in [0.25, 0.3) is 10.6 Å². The molecule has 2 aromatic heterocycles. The maximum absolute atomic E-state index is 5.92. The zero-order chi connectivity index (χ0) is 15.5. The first-order valence-electron chi connectivity index (χ1n) is 6.86. The number of rotatable bonds is 5. The summed E-state index contributed by atoms with van der Waals surface area (Å²) in [5.74, 6) is 0.787. The SMILES string of the molecule is CC(C)n1cnnc1SCc1csc(-c2ccc(Cl)cc2)n1. The van der Waals surface area contributed by atoms with Gasteiger partial charge in [-0.3, -0.25) is 0 Å². The van der Waals surface area contributed by atoms with E-state index in [-0.39, 0.29) is 0 Å². The van der Waals surface area contributed by atoms with Crippen LogP contribution in [0.3, 0.4) is 0 Å². The van der Waals surface area contributed by atoms with E-state index in [1.54, 1.807) is 29.4 Å². The molecule has 114 valence electrons. The second-order valence-corrected chi connectivity index (χ2v) is 7.29. The van der Waals surface area contributed by atoms with Gasteiger partial charge in [0.05, 0.1) is 5.69 Å². The molecule has 0 radical (unpaired) electrons. The van der Waals surface area contributed by atoms with Gasteiger partial charge in [-0.1, -0.05) is 35.5 Å². The van der Waals surface area contributed by atoms with Crippen molar-refractivity contribution in [1.29, 1.82) is 0 Å². The van der Waals surface area contributed by atoms with E-state index >= 15 is 0 Å². The third kappa shape index (κ3) is 3.51. The van der Waals surface area contributed by atoms with Crippen molar-refractivity contribution in [3.05, 3.63) is 46.7 Å². The molecule has 0 saturated carbocycles. The van der Waals surface area contributed by atoms with Crippen LogP contribution in [0.15, 0.2) is 41.1 Å². The fourth-order valence-corrected chi connectivity index (χ4v) is 3.92. The Kier molecular flexibility index (Phi) is 4.81. The normalized spacial score (nSPS) is 11.3. The number of halogens is 1. The molecule has 0 aliphatic rings. The molecule has 22 heavy (non-hydrogen) atoms. The molecule has 7 heteroatoms. The second kappa shape index (κ2) is 6.81. The highest BCUT2D eigenvalue weighted by molar-refractivity contribution is 7.98. The summed E-state index contributed by atoms with van der Waals surface area (Å²) in [6.45, 7) is 4.24. The van der Waals surface area contributed by atoms with Crippen LogP contribution in [0, 0.1) is 0 Å². The monoisotopic (exact) mass is 350 g/mol. The fourth-order valence-electron chi connectivity index (χ4n) is 1.93. The fraction of sp³-hybridized carbons (Fsp3) is 0.267. The lowest BCUT2D eigenvalue weighted by Crippen LogP contribution is -2.00. The Labute approximate surface area is 142 Å². The van der Waals surface area contributed by atoms with Crippen LogP contribution in [-0.2, 0) is 5.75 Å². The Hall–Kier alpha value is -1.37. The molecule has 0 amide bonds. The van der Waals surface area contributed by atoms with Crippen molar-refractivity contribution in [3.8, 4) is 10.6 Å². The quantitative estimate of drug-likeness (QED) is 0.612. The zero-order valence-electron chi connectivity index (χ0n) is 12.2. The number of aromatic nitrogens is 4. The van der Waals surface area contributed by atoms with Crippen LogP contribution in [0.5, 0.6) is 0 Å². The van der Waals surface area contributed by atoms with Gasteiger partial charge < -0.3 is 4.57 Å². The summed E-state index contributed by atoms with van der Waals surface area (Å²) in [5.41, 5.74) is 2.15. The maximum atomic E-state index is 5.92. The molecule has 3 rings (SSSR count). The van der Waals surface area contributed by atoms with Gasteiger partial charge >= 0.3 is 0 Å². The molecule has 0 atom stereocenters. The summed E-state index contributed by atoms with van der Waals surface area (Å²) in [7, 11) is 0. The Bertz CT molecular complexity index is 749. The van der Waals surface area contributed by atoms with Crippen molar-refractivity contribution >= 4 is 34.7 Å². The number of benzene rings is 1. The second-order valence-electron chi connectivity index (χ2n) is 5.05. The summed E-state index contributed by atoms with van der Waals surface area (Å²) in [5, 5.41) is 12.9. The molecule has 3 aromatic rings. The van der Waals surface area contributed by atoms with Crippen LogP contribution < -0.4 is 0 Å². The number of hydrogen-bond acceptors (Lipinski definition) is 5. The molecule has 0 fully saturated rings. The molecule has 0 unspecified atom stereocenters. The van der Waals surface area contributed by atoms with E-state index in [1.807, 2.05) is 24.3 Å². The molecule has 0 bridgehead atoms. The van der Waals surface area contributed by atoms with E-state index in [4.69, 9.17) is 11.6 Å². The molecule has 0 saturated heterocycles. The lowest BCUT2D eigenvalue weighted by atomic mass is 10.2. The van der Waals surface area contributed by atoms with Crippen molar-refractivity contribution in [3.63, 3.8) is 0 Å². The molecule has 1 aromatic carbocycles. The van der Waals surface area contributed by atoms with Crippen molar-refractivity contribution in [2.24, 2.45) is 0 Å². The van der Waals surface area contributed by atoms with Gasteiger partial charge in [-0.15, -0.1) is 21.5 Å². The van der Waals surface area contributed by atoms with Gasteiger partial charge in [0.25, 0.3) is 0 Å². The predicted molar refractivity (Wildman–Crippen MR) is 92.5 cm³/mol. The highest BCUT2D eigenvalue weighted by Gasteiger charge is 2.10. The first-order valence-corrected chi connectivity index (χ1v) is 9.10. The Balaban J connectivity index is 1.69. The van der Waals surface area contributed by atoms with Gasteiger partial charge in [0.2, 0.25) is 0 Å². The van der Waals surface area contributed by atoms with Crippen molar-refractivity contribution in [2.75, 3.05) is 0 Å². The molecule has 0 spiro atoms. The molecule has 0 aliphatic heterocycles. The minimum Gasteiger partial charge on any atom is -0.306 e. The highest BCUT2D eigenvalue weighted by Crippen LogP contribution is 2.28. The number of thiazole rings is 1. The van der Waals surface area contributed by atoms with E-state index in [0.717, 1.165) is 32.2 Å². The van der Waals surface area contributed by atoms with Crippen LogP contribution in [-0.4, -0.2) is 19.7 Å². The standard InChI is InChI=1S/C15H15ClN4S2/c1-10(2)20-9-17-19-15(20)22-8-13-7-21-14(18-13)11-3-5-12(16)6-4-11/h3-7,9-10H,8H2,1-2H3. The molecular formula is C15H15ClN4S2. The minimum atomic E-state index is 0.359. The minimum absolute atomic E-state index is 0.359. The number of hydrogen-bond donors (Lipinski definition) is 0. The number of thioether (sulfide) groups is 1. The van der Waals surface area contributed by atoms with Crippen LogP contribution in [0.4, 0.5) is 0 Å². The largest absolute Gasteiger partial charge is 0.306 e. The molecular weight excluding hydrogens is 336 g/mol. The third-order valence-corrected chi connectivity index (χ3v) is 5.27. The van der Waals surface area contributed by atoms with E-state index in [1.165, 1.54) is 0 Å². The van der Waals surface area contributed by atoms with E-state index in [2.05, 4.69) is 39.0 Å². The lowest BCUT2D eigenvalue weighted by molar-refractivity contribution is 0.549. The Morgan fingerprint density at radius 2 is 2.05 bits per heavy atom. The molecule has 0 aliphatic carbocycles. The molecule has 4 nitrogen and oxygen atoms in total. The summed E-state index contributed by atoms with van der Waals surface area (Å²) in [6.07, 6.45) is 1.77. The average molecular weight is 351 g/mol. The van der Waals surface area contributed by atoms with Gasteiger partial charge in [-0.25, -0.2) is 4.98 Å². The summed E-state index contributed by atoms with van der Waals surface area (Å²) in [4.78, 5) is 4.68. The van der Waals surface area contributed by atoms with Gasteiger partial charge in [0.15, 0.2) is 5.16 Å². The first-order chi connectivity index (χ1) is 10.6. The highest BCUT2D eigenvalue weighted by atomic mass is 35.5. The molecule has 0 N–H and O–H groups in total. The Morgan fingerprint density at radius 3 is 2.77 bits per heavy atom. The number of nitrogens with zero attached hydrogens (tertiary/aromatic N) is 4.